The number of hydrogen-bond donors (Lipinski definition) is 2. The molecule has 1 amide bonds. The zero-order valence-electron chi connectivity index (χ0n) is 17.8. The van der Waals surface area contributed by atoms with Gasteiger partial charge in [-0.15, -0.1) is 11.3 Å². The predicted octanol–water partition coefficient (Wildman–Crippen LogP) is 3.13. The average Bonchev–Trinajstić information content (AvgIpc) is 3.23. The van der Waals surface area contributed by atoms with Crippen LogP contribution in [0.15, 0.2) is 29.6 Å². The van der Waals surface area contributed by atoms with Crippen LogP contribution in [0.5, 0.6) is 0 Å². The molecule has 3 aliphatic rings. The van der Waals surface area contributed by atoms with Crippen molar-refractivity contribution in [1.82, 2.24) is 10.6 Å². The Morgan fingerprint density at radius 2 is 2.16 bits per heavy atom. The van der Waals surface area contributed by atoms with Gasteiger partial charge in [-0.3, -0.25) is 4.79 Å². The van der Waals surface area contributed by atoms with Gasteiger partial charge < -0.3 is 15.4 Å². The Morgan fingerprint density at radius 1 is 1.34 bits per heavy atom. The highest BCUT2D eigenvalue weighted by Gasteiger charge is 2.67. The molecule has 0 radical (unpaired) electrons. The number of amides is 1. The minimum atomic E-state index is -0.803. The number of halogens is 1. The highest BCUT2D eigenvalue weighted by atomic mass is 32.1. The van der Waals surface area contributed by atoms with Gasteiger partial charge in [-0.2, -0.15) is 5.26 Å². The number of methoxy groups -OCH3 is 1. The maximum atomic E-state index is 14.8. The molecule has 1 saturated heterocycles. The summed E-state index contributed by atoms with van der Waals surface area (Å²) in [4.78, 5) is 24.9. The van der Waals surface area contributed by atoms with Crippen molar-refractivity contribution in [3.8, 4) is 17.2 Å². The maximum Gasteiger partial charge on any atom is 0.348 e. The van der Waals surface area contributed by atoms with Gasteiger partial charge in [-0.25, -0.2) is 9.18 Å². The van der Waals surface area contributed by atoms with Crippen LogP contribution in [0.3, 0.4) is 0 Å². The van der Waals surface area contributed by atoms with E-state index < -0.39 is 17.8 Å². The number of ether oxygens (including phenoxy) is 1. The molecule has 1 aromatic carbocycles. The van der Waals surface area contributed by atoms with E-state index in [1.165, 1.54) is 24.5 Å². The fraction of sp³-hybridized carbons (Fsp3) is 0.458. The van der Waals surface area contributed by atoms with Crippen LogP contribution < -0.4 is 10.6 Å². The molecular formula is C24H24FN3O3S. The van der Waals surface area contributed by atoms with Crippen LogP contribution in [0.4, 0.5) is 4.39 Å². The van der Waals surface area contributed by atoms with E-state index in [0.717, 1.165) is 12.0 Å². The van der Waals surface area contributed by atoms with E-state index in [9.17, 15) is 19.2 Å². The third-order valence-electron chi connectivity index (χ3n) is 7.38. The number of piperidine rings is 1. The number of hydrogen-bond acceptors (Lipinski definition) is 6. The molecule has 1 aromatic heterocycles. The second kappa shape index (κ2) is 7.98. The van der Waals surface area contributed by atoms with Gasteiger partial charge in [0.15, 0.2) is 0 Å². The van der Waals surface area contributed by atoms with E-state index in [0.29, 0.717) is 45.7 Å². The molecule has 2 saturated carbocycles. The van der Waals surface area contributed by atoms with Crippen molar-refractivity contribution >= 4 is 23.2 Å². The van der Waals surface area contributed by atoms with Crippen molar-refractivity contribution in [2.75, 3.05) is 7.11 Å². The predicted molar refractivity (Wildman–Crippen MR) is 117 cm³/mol. The molecular weight excluding hydrogens is 429 g/mol. The number of esters is 1. The molecule has 0 spiro atoms. The van der Waals surface area contributed by atoms with Crippen molar-refractivity contribution in [2.45, 2.75) is 37.9 Å². The highest BCUT2D eigenvalue weighted by Crippen LogP contribution is 2.64. The van der Waals surface area contributed by atoms with E-state index in [1.54, 1.807) is 23.6 Å². The summed E-state index contributed by atoms with van der Waals surface area (Å²) >= 11 is 1.23. The Balaban J connectivity index is 1.24. The SMILES string of the molecule is COC(=O)c1cc(-c2ccc(C[C@@H](C#N)NC(=O)[C@H]3N[C@H]4C[C@@H]3C3C4[C@H]3C)c(F)c2)cs1. The molecule has 2 aromatic rings. The van der Waals surface area contributed by atoms with Gasteiger partial charge in [-0.1, -0.05) is 19.1 Å². The van der Waals surface area contributed by atoms with Crippen LogP contribution in [0, 0.1) is 40.8 Å². The summed E-state index contributed by atoms with van der Waals surface area (Å²) in [5.74, 6) is 1.31. The number of fused-ring (bicyclic) bond motifs is 5. The second-order valence-electron chi connectivity index (χ2n) is 9.06. The van der Waals surface area contributed by atoms with Crippen LogP contribution in [0.1, 0.15) is 28.6 Å². The Labute approximate surface area is 189 Å². The van der Waals surface area contributed by atoms with Gasteiger partial charge in [0.25, 0.3) is 0 Å². The molecule has 2 unspecified atom stereocenters. The first-order valence-electron chi connectivity index (χ1n) is 10.8. The molecule has 1 aliphatic heterocycles. The lowest BCUT2D eigenvalue weighted by molar-refractivity contribution is -0.124. The fourth-order valence-electron chi connectivity index (χ4n) is 5.80. The molecule has 6 nitrogen and oxygen atoms in total. The molecule has 166 valence electrons. The van der Waals surface area contributed by atoms with Crippen molar-refractivity contribution < 1.29 is 18.7 Å². The first-order valence-corrected chi connectivity index (χ1v) is 11.7. The topological polar surface area (TPSA) is 91.2 Å². The molecule has 2 N–H and O–H groups in total. The normalized spacial score (nSPS) is 30.3. The fourth-order valence-corrected chi connectivity index (χ4v) is 6.64. The van der Waals surface area contributed by atoms with E-state index >= 15 is 0 Å². The zero-order valence-corrected chi connectivity index (χ0v) is 18.6. The zero-order chi connectivity index (χ0) is 22.6. The largest absolute Gasteiger partial charge is 0.465 e. The lowest BCUT2D eigenvalue weighted by Gasteiger charge is -2.23. The van der Waals surface area contributed by atoms with Crippen LogP contribution in [0.25, 0.3) is 11.1 Å². The summed E-state index contributed by atoms with van der Waals surface area (Å²) in [6, 6.07) is 7.89. The van der Waals surface area contributed by atoms with Crippen LogP contribution in [0.2, 0.25) is 0 Å². The van der Waals surface area contributed by atoms with Crippen molar-refractivity contribution in [1.29, 1.82) is 5.26 Å². The standard InChI is InChI=1S/C24H24FN3O3S/c1-11-20-16-8-18(21(11)20)28-22(16)23(29)27-15(9-26)5-13-4-3-12(6-17(13)25)14-7-19(32-10-14)24(30)31-2/h3-4,6-7,10-11,15-16,18,20-22,28H,5,8H2,1-2H3,(H,27,29)/t11-,15-,16+,18-,20?,21?,22-/m0/s1. The van der Waals surface area contributed by atoms with Gasteiger partial charge in [0.05, 0.1) is 19.2 Å². The van der Waals surface area contributed by atoms with E-state index in [2.05, 4.69) is 23.6 Å². The number of benzene rings is 1. The summed E-state index contributed by atoms with van der Waals surface area (Å²) in [6.45, 7) is 2.24. The minimum absolute atomic E-state index is 0.0919. The summed E-state index contributed by atoms with van der Waals surface area (Å²) < 4.78 is 19.5. The van der Waals surface area contributed by atoms with Crippen LogP contribution in [-0.4, -0.2) is 37.1 Å². The second-order valence-corrected chi connectivity index (χ2v) is 9.97. The van der Waals surface area contributed by atoms with Crippen LogP contribution >= 0.6 is 11.3 Å². The van der Waals surface area contributed by atoms with Crippen molar-refractivity contribution in [3.63, 3.8) is 0 Å². The maximum absolute atomic E-state index is 14.8. The molecule has 2 bridgehead atoms. The lowest BCUT2D eigenvalue weighted by atomic mass is 9.94. The van der Waals surface area contributed by atoms with Gasteiger partial charge in [0.2, 0.25) is 5.91 Å². The monoisotopic (exact) mass is 453 g/mol. The summed E-state index contributed by atoms with van der Waals surface area (Å²) in [7, 11) is 1.32. The van der Waals surface area contributed by atoms with Gasteiger partial charge in [0.1, 0.15) is 16.7 Å². The van der Waals surface area contributed by atoms with Crippen molar-refractivity contribution in [2.24, 2.45) is 23.7 Å². The number of nitrogens with zero attached hydrogens (tertiary/aromatic N) is 1. The molecule has 2 heterocycles. The quantitative estimate of drug-likeness (QED) is 0.656. The van der Waals surface area contributed by atoms with Gasteiger partial charge in [-0.05, 0) is 64.3 Å². The Bertz CT molecular complexity index is 1120. The minimum Gasteiger partial charge on any atom is -0.465 e. The number of thiophene rings is 1. The molecule has 32 heavy (non-hydrogen) atoms. The van der Waals surface area contributed by atoms with E-state index in [-0.39, 0.29) is 18.4 Å². The summed E-state index contributed by atoms with van der Waals surface area (Å²) in [5, 5.41) is 17.6. The number of nitriles is 1. The summed E-state index contributed by atoms with van der Waals surface area (Å²) in [5.41, 5.74) is 1.72. The van der Waals surface area contributed by atoms with Crippen LogP contribution in [-0.2, 0) is 16.0 Å². The third-order valence-corrected chi connectivity index (χ3v) is 8.29. The average molecular weight is 454 g/mol. The Hall–Kier alpha value is -2.76. The molecule has 5 rings (SSSR count). The molecule has 3 fully saturated rings. The van der Waals surface area contributed by atoms with Gasteiger partial charge in [0, 0.05) is 12.5 Å². The van der Waals surface area contributed by atoms with E-state index in [4.69, 9.17) is 4.74 Å². The number of carbonyl (C=O) groups is 2. The number of rotatable bonds is 6. The molecule has 8 heteroatoms. The summed E-state index contributed by atoms with van der Waals surface area (Å²) in [6.07, 6.45) is 1.13. The Kier molecular flexibility index (Phi) is 5.26. The van der Waals surface area contributed by atoms with E-state index in [1.807, 2.05) is 0 Å². The highest BCUT2D eigenvalue weighted by molar-refractivity contribution is 7.12. The van der Waals surface area contributed by atoms with Crippen molar-refractivity contribution in [3.05, 3.63) is 45.9 Å². The third kappa shape index (κ3) is 3.50. The smallest absolute Gasteiger partial charge is 0.348 e. The first-order chi connectivity index (χ1) is 15.4. The number of nitrogens with one attached hydrogen (secondary N) is 2. The molecule has 2 aliphatic carbocycles. The molecule has 7 atom stereocenters. The Morgan fingerprint density at radius 3 is 2.84 bits per heavy atom. The number of carbonyl (C=O) groups excluding carboxylic acids is 2. The van der Waals surface area contributed by atoms with Gasteiger partial charge >= 0.3 is 5.97 Å². The first kappa shape index (κ1) is 21.1. The lowest BCUT2D eigenvalue weighted by Crippen LogP contribution is -2.51.